The van der Waals surface area contributed by atoms with Crippen LogP contribution in [0.1, 0.15) is 104 Å². The van der Waals surface area contributed by atoms with Crippen molar-refractivity contribution in [1.82, 2.24) is 9.80 Å². The first-order valence-corrected chi connectivity index (χ1v) is 11.3. The first-order chi connectivity index (χ1) is 13.2. The molecular weight excluding hydrogens is 350 g/mol. The average molecular weight is 400 g/mol. The molecule has 0 amide bonds. The number of rotatable bonds is 15. The molecule has 0 aromatic carbocycles. The van der Waals surface area contributed by atoms with Gasteiger partial charge < -0.3 is 14.9 Å². The van der Waals surface area contributed by atoms with E-state index < -0.39 is 5.97 Å². The van der Waals surface area contributed by atoms with Crippen LogP contribution < -0.4 is 0 Å². The molecule has 2 N–H and O–H groups in total. The maximum absolute atomic E-state index is 10.3. The van der Waals surface area contributed by atoms with Gasteiger partial charge in [-0.25, -0.2) is 0 Å². The zero-order valence-electron chi connectivity index (χ0n) is 19.7. The number of unbranched alkanes of at least 4 members (excludes halogenated alkanes) is 11. The Morgan fingerprint density at radius 1 is 0.714 bits per heavy atom. The molecule has 0 aromatic rings. The van der Waals surface area contributed by atoms with E-state index in [9.17, 15) is 4.79 Å². The molecule has 0 aliphatic carbocycles. The molecule has 0 fully saturated rings. The molecule has 0 bridgehead atoms. The number of carboxylic acid groups (broad SMARTS) is 1. The van der Waals surface area contributed by atoms with E-state index in [1.54, 1.807) is 9.80 Å². The van der Waals surface area contributed by atoms with Gasteiger partial charge >= 0.3 is 5.97 Å². The van der Waals surface area contributed by atoms with Gasteiger partial charge in [0.2, 0.25) is 0 Å². The van der Waals surface area contributed by atoms with Crippen LogP contribution in [0.4, 0.5) is 0 Å². The lowest BCUT2D eigenvalue weighted by Crippen LogP contribution is -2.34. The van der Waals surface area contributed by atoms with Crippen LogP contribution in [0.15, 0.2) is 0 Å². The number of aliphatic carboxylic acids is 1. The van der Waals surface area contributed by atoms with Crippen molar-refractivity contribution in [3.63, 3.8) is 0 Å². The molecule has 0 aliphatic rings. The van der Waals surface area contributed by atoms with E-state index in [0.717, 1.165) is 18.8 Å². The molecule has 0 radical (unpaired) electrons. The van der Waals surface area contributed by atoms with Gasteiger partial charge in [0, 0.05) is 34.6 Å². The van der Waals surface area contributed by atoms with Crippen molar-refractivity contribution in [3.05, 3.63) is 0 Å². The monoisotopic (exact) mass is 399 g/mol. The summed E-state index contributed by atoms with van der Waals surface area (Å²) in [7, 11) is 7.40. The fraction of sp³-hybridized carbons (Fsp3) is 0.913. The zero-order valence-corrected chi connectivity index (χ0v) is 19.7. The minimum absolute atomic E-state index is 0.344. The number of guanidine groups is 1. The molecule has 168 valence electrons. The Morgan fingerprint density at radius 2 is 1.04 bits per heavy atom. The van der Waals surface area contributed by atoms with E-state index in [-0.39, 0.29) is 0 Å². The highest BCUT2D eigenvalue weighted by atomic mass is 16.4. The van der Waals surface area contributed by atoms with Crippen LogP contribution in [0.3, 0.4) is 0 Å². The molecule has 0 aliphatic heterocycles. The smallest absolute Gasteiger partial charge is 0.303 e. The molecule has 0 atom stereocenters. The standard InChI is InChI=1S/C18H36O2.C5H13N3/c1-17(2)15-13-11-9-7-5-3-4-6-8-10-12-14-16-18(19)20;1-7(2)5(6)8(3)4/h17H,3-16H2,1-2H3,(H,19,20);6H,1-4H3. The van der Waals surface area contributed by atoms with Crippen molar-refractivity contribution in [1.29, 1.82) is 5.41 Å². The van der Waals surface area contributed by atoms with Crippen molar-refractivity contribution < 1.29 is 9.90 Å². The third kappa shape index (κ3) is 24.7. The topological polar surface area (TPSA) is 67.6 Å². The zero-order chi connectivity index (χ0) is 21.8. The Hall–Kier alpha value is -1.26. The lowest BCUT2D eigenvalue weighted by Gasteiger charge is -2.19. The van der Waals surface area contributed by atoms with E-state index >= 15 is 0 Å². The molecule has 0 saturated carbocycles. The minimum atomic E-state index is -0.654. The summed E-state index contributed by atoms with van der Waals surface area (Å²) in [6.45, 7) is 4.61. The molecule has 5 heteroatoms. The second kappa shape index (κ2) is 20.5. The molecule has 5 nitrogen and oxygen atoms in total. The van der Waals surface area contributed by atoms with Gasteiger partial charge in [-0.1, -0.05) is 90.9 Å². The van der Waals surface area contributed by atoms with E-state index in [2.05, 4.69) is 13.8 Å². The molecule has 28 heavy (non-hydrogen) atoms. The number of nitrogens with one attached hydrogen (secondary N) is 1. The summed E-state index contributed by atoms with van der Waals surface area (Å²) >= 11 is 0. The Morgan fingerprint density at radius 3 is 1.29 bits per heavy atom. The molecule has 0 unspecified atom stereocenters. The molecule has 0 heterocycles. The van der Waals surface area contributed by atoms with Gasteiger partial charge in [0.1, 0.15) is 0 Å². The highest BCUT2D eigenvalue weighted by Gasteiger charge is 1.98. The molecule has 0 saturated heterocycles. The third-order valence-electron chi connectivity index (χ3n) is 4.77. The lowest BCUT2D eigenvalue weighted by molar-refractivity contribution is -0.137. The summed E-state index contributed by atoms with van der Waals surface area (Å²) in [5.41, 5.74) is 0. The van der Waals surface area contributed by atoms with Crippen molar-refractivity contribution in [2.45, 2.75) is 104 Å². The second-order valence-corrected chi connectivity index (χ2v) is 8.68. The van der Waals surface area contributed by atoms with Crippen molar-refractivity contribution in [2.24, 2.45) is 5.92 Å². The molecule has 0 spiro atoms. The van der Waals surface area contributed by atoms with Crippen LogP contribution in [0, 0.1) is 11.3 Å². The largest absolute Gasteiger partial charge is 0.481 e. The highest BCUT2D eigenvalue weighted by molar-refractivity contribution is 5.75. The molecule has 0 aromatic heterocycles. The first kappa shape index (κ1) is 28.9. The van der Waals surface area contributed by atoms with Crippen LogP contribution in [0.5, 0.6) is 0 Å². The summed E-state index contributed by atoms with van der Waals surface area (Å²) in [5, 5.41) is 15.8. The second-order valence-electron chi connectivity index (χ2n) is 8.68. The maximum Gasteiger partial charge on any atom is 0.303 e. The third-order valence-corrected chi connectivity index (χ3v) is 4.77. The van der Waals surface area contributed by atoms with Gasteiger partial charge in [-0.2, -0.15) is 0 Å². The summed E-state index contributed by atoms with van der Waals surface area (Å²) in [4.78, 5) is 13.8. The number of hydrogen-bond acceptors (Lipinski definition) is 2. The first-order valence-electron chi connectivity index (χ1n) is 11.3. The molecular formula is C23H49N3O2. The van der Waals surface area contributed by atoms with Gasteiger partial charge in [-0.3, -0.25) is 10.2 Å². The van der Waals surface area contributed by atoms with Crippen LogP contribution in [-0.2, 0) is 4.79 Å². The van der Waals surface area contributed by atoms with Crippen molar-refractivity contribution in [2.75, 3.05) is 28.2 Å². The predicted molar refractivity (Wildman–Crippen MR) is 122 cm³/mol. The van der Waals surface area contributed by atoms with Crippen LogP contribution in [-0.4, -0.2) is 55.0 Å². The SMILES string of the molecule is CC(C)CCCCCCCCCCCCCCC(=O)O.CN(C)C(=N)N(C)C. The Bertz CT molecular complexity index is 359. The highest BCUT2D eigenvalue weighted by Crippen LogP contribution is 2.14. The lowest BCUT2D eigenvalue weighted by atomic mass is 10.0. The van der Waals surface area contributed by atoms with E-state index in [4.69, 9.17) is 10.5 Å². The number of nitrogens with zero attached hydrogens (tertiary/aromatic N) is 2. The van der Waals surface area contributed by atoms with E-state index in [1.165, 1.54) is 70.6 Å². The fourth-order valence-electron chi connectivity index (χ4n) is 3.00. The van der Waals surface area contributed by atoms with Crippen molar-refractivity contribution in [3.8, 4) is 0 Å². The van der Waals surface area contributed by atoms with Gasteiger partial charge in [-0.05, 0) is 12.3 Å². The number of carbonyl (C=O) groups is 1. The number of carboxylic acids is 1. The molecule has 0 rings (SSSR count). The van der Waals surface area contributed by atoms with E-state index in [0.29, 0.717) is 12.4 Å². The normalized spacial score (nSPS) is 10.4. The van der Waals surface area contributed by atoms with Crippen molar-refractivity contribution >= 4 is 11.9 Å². The van der Waals surface area contributed by atoms with Gasteiger partial charge in [0.05, 0.1) is 0 Å². The number of hydrogen-bond donors (Lipinski definition) is 2. The average Bonchev–Trinajstić information content (AvgIpc) is 2.61. The summed E-state index contributed by atoms with van der Waals surface area (Å²) < 4.78 is 0. The van der Waals surface area contributed by atoms with Gasteiger partial charge in [-0.15, -0.1) is 0 Å². The predicted octanol–water partition coefficient (Wildman–Crippen LogP) is 6.23. The van der Waals surface area contributed by atoms with E-state index in [1.807, 2.05) is 28.2 Å². The minimum Gasteiger partial charge on any atom is -0.481 e. The summed E-state index contributed by atoms with van der Waals surface area (Å²) in [5.74, 6) is 0.730. The van der Waals surface area contributed by atoms with Crippen LogP contribution in [0.25, 0.3) is 0 Å². The fourth-order valence-corrected chi connectivity index (χ4v) is 3.00. The van der Waals surface area contributed by atoms with Crippen LogP contribution >= 0.6 is 0 Å². The summed E-state index contributed by atoms with van der Waals surface area (Å²) in [6, 6.07) is 0. The van der Waals surface area contributed by atoms with Gasteiger partial charge in [0.25, 0.3) is 0 Å². The van der Waals surface area contributed by atoms with Gasteiger partial charge in [0.15, 0.2) is 5.96 Å². The summed E-state index contributed by atoms with van der Waals surface area (Å²) in [6.07, 6.45) is 17.3. The Kier molecular flexibility index (Phi) is 21.2. The maximum atomic E-state index is 10.3. The van der Waals surface area contributed by atoms with Crippen LogP contribution in [0.2, 0.25) is 0 Å². The Labute approximate surface area is 175 Å². The Balaban J connectivity index is 0. The quantitative estimate of drug-likeness (QED) is 0.194.